The van der Waals surface area contributed by atoms with Gasteiger partial charge in [0, 0.05) is 18.6 Å². The number of hydrogen-bond donors (Lipinski definition) is 2. The van der Waals surface area contributed by atoms with Gasteiger partial charge in [-0.2, -0.15) is 0 Å². The van der Waals surface area contributed by atoms with Gasteiger partial charge in [-0.25, -0.2) is 8.42 Å². The number of aliphatic hydroxyl groups excluding tert-OH is 1. The molecule has 2 rings (SSSR count). The maximum absolute atomic E-state index is 12.8. The molecule has 1 aliphatic carbocycles. The van der Waals surface area contributed by atoms with Crippen molar-refractivity contribution in [1.82, 2.24) is 4.90 Å². The summed E-state index contributed by atoms with van der Waals surface area (Å²) in [4.78, 5) is 14.4. The number of nitrogens with two attached hydrogens (primary N) is 1. The molecule has 1 saturated carbocycles. The molecule has 0 aromatic rings. The first kappa shape index (κ1) is 15.7. The van der Waals surface area contributed by atoms with Crippen LogP contribution in [0.3, 0.4) is 0 Å². The lowest BCUT2D eigenvalue weighted by Crippen LogP contribution is -2.53. The van der Waals surface area contributed by atoms with Crippen LogP contribution in [0.15, 0.2) is 0 Å². The van der Waals surface area contributed by atoms with Gasteiger partial charge in [0.05, 0.1) is 23.5 Å². The normalized spacial score (nSPS) is 36.1. The minimum Gasteiger partial charge on any atom is -0.395 e. The Labute approximate surface area is 120 Å². The van der Waals surface area contributed by atoms with Crippen LogP contribution in [0, 0.1) is 5.41 Å². The zero-order valence-electron chi connectivity index (χ0n) is 11.9. The van der Waals surface area contributed by atoms with Crippen LogP contribution in [0.25, 0.3) is 0 Å². The molecule has 7 heteroatoms. The van der Waals surface area contributed by atoms with E-state index in [1.165, 1.54) is 0 Å². The molecule has 2 fully saturated rings. The highest BCUT2D eigenvalue weighted by molar-refractivity contribution is 7.91. The summed E-state index contributed by atoms with van der Waals surface area (Å²) in [6.45, 7) is 1.88. The van der Waals surface area contributed by atoms with Crippen LogP contribution in [0.2, 0.25) is 0 Å². The van der Waals surface area contributed by atoms with Crippen molar-refractivity contribution in [1.29, 1.82) is 0 Å². The zero-order chi connectivity index (χ0) is 15.0. The van der Waals surface area contributed by atoms with E-state index < -0.39 is 15.3 Å². The number of rotatable bonds is 4. The van der Waals surface area contributed by atoms with E-state index in [2.05, 4.69) is 0 Å². The molecule has 3 atom stereocenters. The van der Waals surface area contributed by atoms with Crippen molar-refractivity contribution in [2.45, 2.75) is 44.7 Å². The summed E-state index contributed by atoms with van der Waals surface area (Å²) in [6, 6.07) is -0.501. The molecular weight excluding hydrogens is 280 g/mol. The monoisotopic (exact) mass is 304 g/mol. The highest BCUT2D eigenvalue weighted by Crippen LogP contribution is 2.39. The Kier molecular flexibility index (Phi) is 4.41. The lowest BCUT2D eigenvalue weighted by molar-refractivity contribution is -0.144. The maximum Gasteiger partial charge on any atom is 0.230 e. The van der Waals surface area contributed by atoms with E-state index in [0.29, 0.717) is 6.42 Å². The molecule has 0 spiro atoms. The van der Waals surface area contributed by atoms with Gasteiger partial charge < -0.3 is 15.7 Å². The fourth-order valence-corrected chi connectivity index (χ4v) is 5.10. The third kappa shape index (κ3) is 2.84. The van der Waals surface area contributed by atoms with Gasteiger partial charge in [0.2, 0.25) is 5.91 Å². The third-order valence-corrected chi connectivity index (χ3v) is 6.52. The van der Waals surface area contributed by atoms with Gasteiger partial charge in [0.1, 0.15) is 0 Å². The summed E-state index contributed by atoms with van der Waals surface area (Å²) >= 11 is 0. The average molecular weight is 304 g/mol. The van der Waals surface area contributed by atoms with E-state index in [0.717, 1.165) is 19.3 Å². The summed E-state index contributed by atoms with van der Waals surface area (Å²) in [7, 11) is -3.06. The molecular formula is C13H24N2O4S. The van der Waals surface area contributed by atoms with E-state index in [1.54, 1.807) is 4.90 Å². The predicted molar refractivity (Wildman–Crippen MR) is 75.8 cm³/mol. The molecule has 1 aliphatic heterocycles. The second-order valence-corrected chi connectivity index (χ2v) is 8.42. The first-order valence-electron chi connectivity index (χ1n) is 7.18. The Morgan fingerprint density at radius 2 is 2.15 bits per heavy atom. The van der Waals surface area contributed by atoms with Crippen molar-refractivity contribution in [2.24, 2.45) is 11.1 Å². The van der Waals surface area contributed by atoms with E-state index >= 15 is 0 Å². The molecule has 3 N–H and O–H groups in total. The van der Waals surface area contributed by atoms with Crippen molar-refractivity contribution < 1.29 is 18.3 Å². The summed E-state index contributed by atoms with van der Waals surface area (Å²) in [5, 5.41) is 9.19. The fourth-order valence-electron chi connectivity index (χ4n) is 3.37. The topological polar surface area (TPSA) is 101 Å². The maximum atomic E-state index is 12.8. The summed E-state index contributed by atoms with van der Waals surface area (Å²) in [6.07, 6.45) is 2.92. The van der Waals surface area contributed by atoms with E-state index in [9.17, 15) is 18.3 Å². The fraction of sp³-hybridized carbons (Fsp3) is 0.923. The van der Waals surface area contributed by atoms with Gasteiger partial charge in [0.25, 0.3) is 0 Å². The van der Waals surface area contributed by atoms with Crippen molar-refractivity contribution in [2.75, 3.05) is 24.7 Å². The minimum absolute atomic E-state index is 0.00403. The van der Waals surface area contributed by atoms with Gasteiger partial charge in [0.15, 0.2) is 9.84 Å². The number of amides is 1. The lowest BCUT2D eigenvalue weighted by atomic mass is 9.83. The van der Waals surface area contributed by atoms with Gasteiger partial charge in [-0.05, 0) is 26.2 Å². The minimum atomic E-state index is -3.06. The number of nitrogens with zero attached hydrogens (tertiary/aromatic N) is 1. The van der Waals surface area contributed by atoms with Crippen molar-refractivity contribution in [3.63, 3.8) is 0 Å². The van der Waals surface area contributed by atoms with Crippen molar-refractivity contribution >= 4 is 15.7 Å². The average Bonchev–Trinajstić information content (AvgIpc) is 2.90. The molecule has 1 saturated heterocycles. The second-order valence-electron chi connectivity index (χ2n) is 6.20. The van der Waals surface area contributed by atoms with Crippen LogP contribution in [0.5, 0.6) is 0 Å². The number of carbonyl (C=O) groups excluding carboxylic acids is 1. The molecule has 116 valence electrons. The van der Waals surface area contributed by atoms with Crippen LogP contribution < -0.4 is 5.73 Å². The number of sulfone groups is 1. The van der Waals surface area contributed by atoms with E-state index in [-0.39, 0.29) is 42.6 Å². The Morgan fingerprint density at radius 1 is 1.45 bits per heavy atom. The molecule has 0 aromatic carbocycles. The van der Waals surface area contributed by atoms with Gasteiger partial charge in [-0.1, -0.05) is 6.42 Å². The van der Waals surface area contributed by atoms with Crippen LogP contribution in [0.1, 0.15) is 32.6 Å². The number of aliphatic hydroxyl groups is 1. The van der Waals surface area contributed by atoms with Crippen molar-refractivity contribution in [3.05, 3.63) is 0 Å². The molecule has 2 aliphatic rings. The lowest BCUT2D eigenvalue weighted by Gasteiger charge is -2.37. The quantitative estimate of drug-likeness (QED) is 0.730. The zero-order valence-corrected chi connectivity index (χ0v) is 12.7. The van der Waals surface area contributed by atoms with E-state index in [4.69, 9.17) is 5.73 Å². The Balaban J connectivity index is 2.18. The number of hydrogen-bond acceptors (Lipinski definition) is 5. The molecule has 0 aromatic heterocycles. The molecule has 1 amide bonds. The molecule has 20 heavy (non-hydrogen) atoms. The van der Waals surface area contributed by atoms with Gasteiger partial charge in [-0.3, -0.25) is 4.79 Å². The highest BCUT2D eigenvalue weighted by atomic mass is 32.2. The van der Waals surface area contributed by atoms with Crippen LogP contribution >= 0.6 is 0 Å². The smallest absolute Gasteiger partial charge is 0.230 e. The SMILES string of the molecule is CC1(C(=O)N(CCO)C2CCS(=O)(=O)C2)CCCC1N. The first-order valence-corrected chi connectivity index (χ1v) is 9.00. The summed E-state index contributed by atoms with van der Waals surface area (Å²) in [5.41, 5.74) is 5.45. The number of carbonyl (C=O) groups is 1. The van der Waals surface area contributed by atoms with Crippen LogP contribution in [-0.2, 0) is 14.6 Å². The molecule has 3 unspecified atom stereocenters. The second kappa shape index (κ2) is 5.61. The Bertz CT molecular complexity index is 479. The van der Waals surface area contributed by atoms with E-state index in [1.807, 2.05) is 6.92 Å². The van der Waals surface area contributed by atoms with Gasteiger partial charge >= 0.3 is 0 Å². The molecule has 0 bridgehead atoms. The molecule has 1 heterocycles. The molecule has 0 radical (unpaired) electrons. The third-order valence-electron chi connectivity index (χ3n) is 4.77. The highest BCUT2D eigenvalue weighted by Gasteiger charge is 2.47. The summed E-state index contributed by atoms with van der Waals surface area (Å²) in [5.74, 6) is 0.0262. The van der Waals surface area contributed by atoms with Gasteiger partial charge in [-0.15, -0.1) is 0 Å². The molecule has 6 nitrogen and oxygen atoms in total. The largest absolute Gasteiger partial charge is 0.395 e. The summed E-state index contributed by atoms with van der Waals surface area (Å²) < 4.78 is 23.2. The predicted octanol–water partition coefficient (Wildman–Crippen LogP) is -0.488. The Hall–Kier alpha value is -0.660. The van der Waals surface area contributed by atoms with Crippen LogP contribution in [-0.4, -0.2) is 61.1 Å². The standard InChI is InChI=1S/C13H24N2O4S/c1-13(5-2-3-11(13)14)12(17)15(6-7-16)10-4-8-20(18,19)9-10/h10-11,16H,2-9,14H2,1H3. The Morgan fingerprint density at radius 3 is 2.60 bits per heavy atom. The first-order chi connectivity index (χ1) is 9.30. The van der Waals surface area contributed by atoms with Crippen LogP contribution in [0.4, 0.5) is 0 Å². The van der Waals surface area contributed by atoms with Crippen molar-refractivity contribution in [3.8, 4) is 0 Å².